The highest BCUT2D eigenvalue weighted by Crippen LogP contribution is 1.95. The van der Waals surface area contributed by atoms with Crippen molar-refractivity contribution in [3.05, 3.63) is 12.4 Å². The molecule has 1 aromatic heterocycles. The zero-order chi connectivity index (χ0) is 8.97. The summed E-state index contributed by atoms with van der Waals surface area (Å²) >= 11 is 0. The van der Waals surface area contributed by atoms with E-state index in [9.17, 15) is 4.79 Å². The molecule has 2 N–H and O–H groups in total. The summed E-state index contributed by atoms with van der Waals surface area (Å²) in [5.74, 6) is -0.888. The topological polar surface area (TPSA) is 66.2 Å². The van der Waals surface area contributed by atoms with Gasteiger partial charge in [-0.25, -0.2) is 9.78 Å². The normalized spacial score (nSPS) is 9.75. The van der Waals surface area contributed by atoms with Gasteiger partial charge in [0.1, 0.15) is 12.4 Å². The molecule has 0 fully saturated rings. The molecule has 1 aromatic rings. The van der Waals surface area contributed by atoms with Crippen LogP contribution in [0.25, 0.3) is 0 Å². The van der Waals surface area contributed by atoms with Crippen molar-refractivity contribution < 1.29 is 19.2 Å². The van der Waals surface area contributed by atoms with E-state index < -0.39 is 5.97 Å². The Morgan fingerprint density at radius 3 is 3.17 bits per heavy atom. The van der Waals surface area contributed by atoms with Crippen LogP contribution in [0.2, 0.25) is 0 Å². The lowest BCUT2D eigenvalue weighted by atomic mass is 10.6. The summed E-state index contributed by atoms with van der Waals surface area (Å²) in [4.78, 5) is 13.1. The molecule has 0 radical (unpaired) electrons. The summed E-state index contributed by atoms with van der Waals surface area (Å²) in [6.45, 7) is 2.27. The van der Waals surface area contributed by atoms with Crippen molar-refractivity contribution in [1.29, 1.82) is 0 Å². The highest BCUT2D eigenvalue weighted by molar-refractivity contribution is 5.64. The number of nitrogens with one attached hydrogen (secondary N) is 1. The summed E-state index contributed by atoms with van der Waals surface area (Å²) < 4.78 is 6.61. The van der Waals surface area contributed by atoms with E-state index in [0.717, 1.165) is 0 Å². The van der Waals surface area contributed by atoms with Crippen LogP contribution in [-0.2, 0) is 11.3 Å². The van der Waals surface area contributed by atoms with Crippen molar-refractivity contribution in [2.75, 3.05) is 6.61 Å². The summed E-state index contributed by atoms with van der Waals surface area (Å²) in [6, 6.07) is 0.472. The molecule has 0 bridgehead atoms. The molecule has 1 rings (SSSR count). The molecule has 0 aliphatic carbocycles. The van der Waals surface area contributed by atoms with Crippen LogP contribution in [0.3, 0.4) is 0 Å². The van der Waals surface area contributed by atoms with Crippen molar-refractivity contribution in [2.45, 2.75) is 13.5 Å². The van der Waals surface area contributed by atoms with E-state index in [0.29, 0.717) is 12.6 Å². The zero-order valence-corrected chi connectivity index (χ0v) is 6.78. The van der Waals surface area contributed by atoms with E-state index in [4.69, 9.17) is 9.84 Å². The number of aliphatic carboxylic acids is 1. The second-order valence-electron chi connectivity index (χ2n) is 2.22. The van der Waals surface area contributed by atoms with Gasteiger partial charge in [-0.15, -0.1) is 0 Å². The summed E-state index contributed by atoms with van der Waals surface area (Å²) in [6.07, 6.45) is 3.26. The maximum absolute atomic E-state index is 10.3. The van der Waals surface area contributed by atoms with Crippen LogP contribution in [-0.4, -0.2) is 22.7 Å². The third-order valence-corrected chi connectivity index (χ3v) is 1.31. The molecule has 5 heteroatoms. The minimum atomic E-state index is -0.888. The average Bonchev–Trinajstić information content (AvgIpc) is 2.37. The van der Waals surface area contributed by atoms with Crippen LogP contribution in [0.1, 0.15) is 6.92 Å². The van der Waals surface area contributed by atoms with E-state index in [1.807, 2.05) is 6.92 Å². The maximum Gasteiger partial charge on any atom is 0.454 e. The van der Waals surface area contributed by atoms with Crippen LogP contribution < -0.4 is 9.30 Å². The lowest BCUT2D eigenvalue weighted by Gasteiger charge is -1.96. The first-order valence-electron chi connectivity index (χ1n) is 3.65. The molecule has 0 aromatic carbocycles. The second kappa shape index (κ2) is 3.75. The molecule has 0 saturated heterocycles. The van der Waals surface area contributed by atoms with E-state index in [2.05, 4.69) is 4.98 Å². The quantitative estimate of drug-likeness (QED) is 0.616. The molecule has 0 amide bonds. The number of carboxylic acids is 1. The van der Waals surface area contributed by atoms with Crippen LogP contribution in [0.15, 0.2) is 12.4 Å². The Hall–Kier alpha value is -1.52. The first-order valence-corrected chi connectivity index (χ1v) is 3.65. The molecule has 0 aliphatic heterocycles. The molecule has 0 unspecified atom stereocenters. The third-order valence-electron chi connectivity index (χ3n) is 1.31. The Labute approximate surface area is 69.6 Å². The first-order chi connectivity index (χ1) is 5.74. The lowest BCUT2D eigenvalue weighted by Crippen LogP contribution is -2.37. The van der Waals surface area contributed by atoms with Gasteiger partial charge >= 0.3 is 12.0 Å². The van der Waals surface area contributed by atoms with Gasteiger partial charge in [0.2, 0.25) is 0 Å². The molecule has 1 heterocycles. The number of hydrogen-bond acceptors (Lipinski definition) is 2. The summed E-state index contributed by atoms with van der Waals surface area (Å²) in [5, 5.41) is 8.49. The van der Waals surface area contributed by atoms with Gasteiger partial charge in [-0.3, -0.25) is 0 Å². The van der Waals surface area contributed by atoms with Crippen molar-refractivity contribution >= 4 is 5.97 Å². The number of imidazole rings is 1. The van der Waals surface area contributed by atoms with Gasteiger partial charge in [0.15, 0.2) is 6.54 Å². The molecule has 66 valence electrons. The van der Waals surface area contributed by atoms with Gasteiger partial charge < -0.3 is 9.84 Å². The molecular weight excluding hydrogens is 160 g/mol. The number of carboxylic acid groups (broad SMARTS) is 1. The Bertz CT molecular complexity index is 269. The molecular formula is C7H11N2O3+. The fourth-order valence-electron chi connectivity index (χ4n) is 0.881. The molecule has 0 saturated carbocycles. The number of aromatic nitrogens is 2. The smallest absolute Gasteiger partial charge is 0.454 e. The van der Waals surface area contributed by atoms with Crippen molar-refractivity contribution in [1.82, 2.24) is 4.98 Å². The van der Waals surface area contributed by atoms with Crippen LogP contribution in [0.5, 0.6) is 6.01 Å². The van der Waals surface area contributed by atoms with Crippen molar-refractivity contribution in [3.63, 3.8) is 0 Å². The number of nitrogens with zero attached hydrogens (tertiary/aromatic N) is 1. The second-order valence-corrected chi connectivity index (χ2v) is 2.22. The van der Waals surface area contributed by atoms with E-state index in [1.54, 1.807) is 12.4 Å². The number of rotatable bonds is 4. The van der Waals surface area contributed by atoms with Gasteiger partial charge in [0.05, 0.1) is 6.61 Å². The van der Waals surface area contributed by atoms with Gasteiger partial charge in [-0.05, 0) is 6.92 Å². The van der Waals surface area contributed by atoms with Crippen molar-refractivity contribution in [2.24, 2.45) is 0 Å². The predicted octanol–water partition coefficient (Wildman–Crippen LogP) is -0.215. The number of ether oxygens (including phenoxy) is 1. The highest BCUT2D eigenvalue weighted by atomic mass is 16.5. The average molecular weight is 171 g/mol. The Kier molecular flexibility index (Phi) is 2.68. The molecule has 5 nitrogen and oxygen atoms in total. The minimum absolute atomic E-state index is 0.0845. The largest absolute Gasteiger partial charge is 0.478 e. The number of H-pyrrole nitrogens is 1. The summed E-state index contributed by atoms with van der Waals surface area (Å²) in [7, 11) is 0. The summed E-state index contributed by atoms with van der Waals surface area (Å²) in [5.41, 5.74) is 0. The number of aromatic amines is 1. The minimum Gasteiger partial charge on any atom is -0.478 e. The van der Waals surface area contributed by atoms with Gasteiger partial charge in [0.25, 0.3) is 0 Å². The fourth-order valence-corrected chi connectivity index (χ4v) is 0.881. The van der Waals surface area contributed by atoms with Crippen molar-refractivity contribution in [3.8, 4) is 6.01 Å². The van der Waals surface area contributed by atoms with Crippen LogP contribution >= 0.6 is 0 Å². The maximum atomic E-state index is 10.3. The molecule has 0 aliphatic rings. The standard InChI is InChI=1S/C7H10N2O3/c1-2-12-7-8-3-4-9(7)5-6(10)11/h3-4H,2,5H2,1H3,(H,10,11)/p+1. The van der Waals surface area contributed by atoms with Crippen LogP contribution in [0.4, 0.5) is 0 Å². The van der Waals surface area contributed by atoms with E-state index in [-0.39, 0.29) is 6.54 Å². The predicted molar refractivity (Wildman–Crippen MR) is 39.8 cm³/mol. The fraction of sp³-hybridized carbons (Fsp3) is 0.429. The van der Waals surface area contributed by atoms with Crippen LogP contribution in [0, 0.1) is 0 Å². The third kappa shape index (κ3) is 1.98. The number of hydrogen-bond donors (Lipinski definition) is 2. The van der Waals surface area contributed by atoms with Gasteiger partial charge in [0, 0.05) is 0 Å². The first kappa shape index (κ1) is 8.58. The number of carbonyl (C=O) groups is 1. The van der Waals surface area contributed by atoms with Gasteiger partial charge in [-0.2, -0.15) is 4.57 Å². The molecule has 0 spiro atoms. The zero-order valence-electron chi connectivity index (χ0n) is 6.78. The highest BCUT2D eigenvalue weighted by Gasteiger charge is 2.13. The monoisotopic (exact) mass is 171 g/mol. The van der Waals surface area contributed by atoms with Gasteiger partial charge in [-0.1, -0.05) is 0 Å². The lowest BCUT2D eigenvalue weighted by molar-refractivity contribution is -0.689. The Morgan fingerprint density at radius 2 is 2.58 bits per heavy atom. The molecule has 0 atom stereocenters. The Morgan fingerprint density at radius 1 is 1.83 bits per heavy atom. The van der Waals surface area contributed by atoms with E-state index >= 15 is 0 Å². The van der Waals surface area contributed by atoms with E-state index in [1.165, 1.54) is 4.57 Å². The SMILES string of the molecule is CCOc1[nH]cc[n+]1CC(=O)O. The Balaban J connectivity index is 2.69. The molecule has 12 heavy (non-hydrogen) atoms.